The lowest BCUT2D eigenvalue weighted by atomic mass is 9.77. The minimum absolute atomic E-state index is 0.182. The van der Waals surface area contributed by atoms with Crippen LogP contribution in [-0.2, 0) is 22.5 Å². The molecule has 4 rings (SSSR count). The molecule has 1 aromatic heterocycles. The second kappa shape index (κ2) is 9.99. The number of hydrogen-bond donors (Lipinski definition) is 2. The average Bonchev–Trinajstić information content (AvgIpc) is 3.23. The summed E-state index contributed by atoms with van der Waals surface area (Å²) < 4.78 is 5.58. The fourth-order valence-electron chi connectivity index (χ4n) is 4.56. The molecule has 9 heteroatoms. The summed E-state index contributed by atoms with van der Waals surface area (Å²) in [5.41, 5.74) is 4.24. The van der Waals surface area contributed by atoms with Gasteiger partial charge in [-0.25, -0.2) is 4.99 Å². The third kappa shape index (κ3) is 5.48. The van der Waals surface area contributed by atoms with E-state index in [1.807, 2.05) is 24.3 Å². The number of carbonyl (C=O) groups is 1. The van der Waals surface area contributed by atoms with Gasteiger partial charge in [0.2, 0.25) is 0 Å². The number of aliphatic imine (C=N–C) groups is 1. The monoisotopic (exact) mass is 467 g/mol. The molecule has 2 aromatic rings. The number of carboxylic acid groups (broad SMARTS) is 1. The number of anilines is 1. The van der Waals surface area contributed by atoms with Crippen LogP contribution in [0.2, 0.25) is 0 Å². The highest BCUT2D eigenvalue weighted by molar-refractivity contribution is 5.97. The molecule has 182 valence electrons. The maximum absolute atomic E-state index is 10.8. The summed E-state index contributed by atoms with van der Waals surface area (Å²) in [5.74, 6) is 5.87. The number of rotatable bonds is 7. The Morgan fingerprint density at radius 1 is 1.26 bits per heavy atom. The molecule has 0 bridgehead atoms. The van der Waals surface area contributed by atoms with Gasteiger partial charge in [0.1, 0.15) is 5.76 Å². The fourth-order valence-corrected chi connectivity index (χ4v) is 4.56. The van der Waals surface area contributed by atoms with E-state index in [9.17, 15) is 4.79 Å². The first-order valence-corrected chi connectivity index (χ1v) is 11.7. The molecule has 0 radical (unpaired) electrons. The van der Waals surface area contributed by atoms with Gasteiger partial charge < -0.3 is 19.4 Å². The maximum atomic E-state index is 10.8. The number of aliphatic carboxylic acids is 1. The highest BCUT2D eigenvalue weighted by Gasteiger charge is 2.32. The van der Waals surface area contributed by atoms with Gasteiger partial charge in [-0.15, -0.1) is 0 Å². The largest absolute Gasteiger partial charge is 0.481 e. The SMILES string of the molecule is C=C(N=C(ON)c1noc2c1CCC(C)(C)C2)c1ccc(N2CCN(CCC(=O)O)CC2)cc1. The molecule has 3 N–H and O–H groups in total. The Balaban J connectivity index is 1.41. The average molecular weight is 468 g/mol. The van der Waals surface area contributed by atoms with E-state index in [0.717, 1.165) is 68.0 Å². The van der Waals surface area contributed by atoms with Crippen molar-refractivity contribution < 1.29 is 19.3 Å². The summed E-state index contributed by atoms with van der Waals surface area (Å²) in [4.78, 5) is 24.9. The first-order chi connectivity index (χ1) is 16.3. The molecule has 0 spiro atoms. The first-order valence-electron chi connectivity index (χ1n) is 11.7. The smallest absolute Gasteiger partial charge is 0.304 e. The summed E-state index contributed by atoms with van der Waals surface area (Å²) in [6, 6.07) is 8.05. The Morgan fingerprint density at radius 2 is 1.97 bits per heavy atom. The van der Waals surface area contributed by atoms with Crippen LogP contribution in [0.25, 0.3) is 5.70 Å². The van der Waals surface area contributed by atoms with Crippen LogP contribution < -0.4 is 10.8 Å². The highest BCUT2D eigenvalue weighted by Crippen LogP contribution is 2.36. The zero-order valence-corrected chi connectivity index (χ0v) is 19.9. The molecule has 0 saturated carbocycles. The van der Waals surface area contributed by atoms with Gasteiger partial charge in [-0.05, 0) is 36.0 Å². The molecule has 9 nitrogen and oxygen atoms in total. The maximum Gasteiger partial charge on any atom is 0.304 e. The van der Waals surface area contributed by atoms with Gasteiger partial charge >= 0.3 is 5.97 Å². The van der Waals surface area contributed by atoms with Crippen molar-refractivity contribution in [1.82, 2.24) is 10.1 Å². The molecule has 2 aliphatic rings. The lowest BCUT2D eigenvalue weighted by Gasteiger charge is -2.36. The predicted octanol–water partition coefficient (Wildman–Crippen LogP) is 3.09. The lowest BCUT2D eigenvalue weighted by molar-refractivity contribution is -0.137. The number of carboxylic acids is 1. The second-order valence-corrected chi connectivity index (χ2v) is 9.77. The van der Waals surface area contributed by atoms with Crippen molar-refractivity contribution in [2.45, 2.75) is 39.5 Å². The Morgan fingerprint density at radius 3 is 2.62 bits per heavy atom. The molecule has 1 saturated heterocycles. The number of fused-ring (bicyclic) bond motifs is 1. The quantitative estimate of drug-likeness (QED) is 0.362. The van der Waals surface area contributed by atoms with Crippen LogP contribution in [0.15, 0.2) is 40.4 Å². The molecule has 1 aromatic carbocycles. The van der Waals surface area contributed by atoms with Gasteiger partial charge in [0.15, 0.2) is 5.69 Å². The van der Waals surface area contributed by atoms with Gasteiger partial charge in [-0.2, -0.15) is 5.90 Å². The van der Waals surface area contributed by atoms with Gasteiger partial charge in [0.05, 0.1) is 12.1 Å². The van der Waals surface area contributed by atoms with Crippen LogP contribution in [-0.4, -0.2) is 59.8 Å². The molecule has 0 atom stereocenters. The van der Waals surface area contributed by atoms with E-state index >= 15 is 0 Å². The molecule has 1 aliphatic heterocycles. The Kier molecular flexibility index (Phi) is 7.04. The molecule has 34 heavy (non-hydrogen) atoms. The summed E-state index contributed by atoms with van der Waals surface area (Å²) in [6.45, 7) is 12.5. The van der Waals surface area contributed by atoms with Crippen LogP contribution in [0.4, 0.5) is 5.69 Å². The molecule has 1 aliphatic carbocycles. The Labute approximate surface area is 199 Å². The predicted molar refractivity (Wildman–Crippen MR) is 131 cm³/mol. The van der Waals surface area contributed by atoms with Crippen LogP contribution in [0.5, 0.6) is 0 Å². The van der Waals surface area contributed by atoms with Gasteiger partial charge in [-0.1, -0.05) is 37.7 Å². The minimum Gasteiger partial charge on any atom is -0.481 e. The Hall–Kier alpha value is -3.17. The number of hydrogen-bond acceptors (Lipinski definition) is 8. The van der Waals surface area contributed by atoms with Crippen molar-refractivity contribution in [2.24, 2.45) is 16.3 Å². The van der Waals surface area contributed by atoms with E-state index in [-0.39, 0.29) is 17.7 Å². The zero-order valence-electron chi connectivity index (χ0n) is 19.9. The lowest BCUT2D eigenvalue weighted by Crippen LogP contribution is -2.46. The number of nitrogens with two attached hydrogens (primary N) is 1. The van der Waals surface area contributed by atoms with Crippen LogP contribution >= 0.6 is 0 Å². The molecule has 0 unspecified atom stereocenters. The molecule has 0 amide bonds. The number of benzene rings is 1. The molecule has 1 fully saturated rings. The zero-order chi connectivity index (χ0) is 24.3. The highest BCUT2D eigenvalue weighted by atomic mass is 16.6. The van der Waals surface area contributed by atoms with Crippen molar-refractivity contribution in [2.75, 3.05) is 37.6 Å². The number of aromatic nitrogens is 1. The van der Waals surface area contributed by atoms with Gasteiger partial charge in [0, 0.05) is 50.4 Å². The third-order valence-corrected chi connectivity index (χ3v) is 6.69. The number of piperazine rings is 1. The topological polar surface area (TPSA) is 117 Å². The minimum atomic E-state index is -0.753. The first kappa shape index (κ1) is 24.0. The van der Waals surface area contributed by atoms with E-state index in [0.29, 0.717) is 17.9 Å². The van der Waals surface area contributed by atoms with Crippen molar-refractivity contribution >= 4 is 23.3 Å². The summed E-state index contributed by atoms with van der Waals surface area (Å²) in [7, 11) is 0. The van der Waals surface area contributed by atoms with E-state index in [1.165, 1.54) is 0 Å². The third-order valence-electron chi connectivity index (χ3n) is 6.69. The van der Waals surface area contributed by atoms with E-state index in [2.05, 4.69) is 40.4 Å². The van der Waals surface area contributed by atoms with E-state index in [1.54, 1.807) is 0 Å². The normalized spacial score (nSPS) is 18.4. The molecule has 2 heterocycles. The van der Waals surface area contributed by atoms with Gasteiger partial charge in [0.25, 0.3) is 5.90 Å². The van der Waals surface area contributed by atoms with E-state index in [4.69, 9.17) is 20.4 Å². The summed E-state index contributed by atoms with van der Waals surface area (Å²) in [5, 5.41) is 13.1. The van der Waals surface area contributed by atoms with Crippen LogP contribution in [0.3, 0.4) is 0 Å². The fraction of sp³-hybridized carbons (Fsp3) is 0.480. The van der Waals surface area contributed by atoms with Crippen molar-refractivity contribution in [1.29, 1.82) is 0 Å². The standard InChI is InChI=1S/C25H33N5O4/c1-17(27-24(33-26)23-20-8-10-25(2,3)16-21(20)34-28-23)18-4-6-19(7-5-18)30-14-12-29(13-15-30)11-9-22(31)32/h4-7H,1,8-16,26H2,2-3H3,(H,31,32). The van der Waals surface area contributed by atoms with Crippen molar-refractivity contribution in [3.05, 3.63) is 53.4 Å². The van der Waals surface area contributed by atoms with E-state index < -0.39 is 5.97 Å². The van der Waals surface area contributed by atoms with Crippen LogP contribution in [0, 0.1) is 5.41 Å². The second-order valence-electron chi connectivity index (χ2n) is 9.77. The number of nitrogens with zero attached hydrogens (tertiary/aromatic N) is 4. The molecular formula is C25H33N5O4. The van der Waals surface area contributed by atoms with Crippen LogP contribution in [0.1, 0.15) is 49.3 Å². The van der Waals surface area contributed by atoms with Crippen molar-refractivity contribution in [3.63, 3.8) is 0 Å². The van der Waals surface area contributed by atoms with Crippen molar-refractivity contribution in [3.8, 4) is 0 Å². The molecular weight excluding hydrogens is 434 g/mol. The summed E-state index contributed by atoms with van der Waals surface area (Å²) >= 11 is 0. The Bertz CT molecular complexity index is 1070. The van der Waals surface area contributed by atoms with Gasteiger partial charge in [-0.3, -0.25) is 9.69 Å². The summed E-state index contributed by atoms with van der Waals surface area (Å²) in [6.07, 6.45) is 2.88.